The summed E-state index contributed by atoms with van der Waals surface area (Å²) in [4.78, 5) is 0. The molecule has 0 bridgehead atoms. The summed E-state index contributed by atoms with van der Waals surface area (Å²) in [6.45, 7) is 4.68. The van der Waals surface area contributed by atoms with E-state index in [-0.39, 0.29) is 11.9 Å². The second-order valence-electron chi connectivity index (χ2n) is 8.57. The lowest BCUT2D eigenvalue weighted by atomic mass is 9.71. The second-order valence-corrected chi connectivity index (χ2v) is 8.57. The lowest BCUT2D eigenvalue weighted by Crippen LogP contribution is -2.26. The monoisotopic (exact) mass is 332 g/mol. The van der Waals surface area contributed by atoms with Gasteiger partial charge in [-0.2, -0.15) is 0 Å². The molecule has 3 atom stereocenters. The number of aliphatic hydroxyl groups excluding tert-OH is 1. The third kappa shape index (κ3) is 4.81. The molecule has 2 heteroatoms. The molecule has 2 saturated carbocycles. The van der Waals surface area contributed by atoms with E-state index in [0.717, 1.165) is 42.6 Å². The largest absolute Gasteiger partial charge is 0.393 e. The predicted molar refractivity (Wildman–Crippen MR) is 97.4 cm³/mol. The van der Waals surface area contributed by atoms with Gasteiger partial charge in [-0.25, -0.2) is 4.39 Å². The first kappa shape index (κ1) is 17.9. The first-order valence-corrected chi connectivity index (χ1v) is 9.96. The van der Waals surface area contributed by atoms with Crippen LogP contribution in [0.25, 0.3) is 0 Å². The van der Waals surface area contributed by atoms with Gasteiger partial charge in [0.05, 0.1) is 6.10 Å². The maximum Gasteiger partial charge on any atom is 0.123 e. The zero-order valence-corrected chi connectivity index (χ0v) is 15.3. The molecule has 1 aromatic rings. The third-order valence-electron chi connectivity index (χ3n) is 6.58. The highest BCUT2D eigenvalue weighted by atomic mass is 19.1. The van der Waals surface area contributed by atoms with Gasteiger partial charge in [-0.05, 0) is 98.7 Å². The fourth-order valence-corrected chi connectivity index (χ4v) is 4.79. The van der Waals surface area contributed by atoms with Crippen LogP contribution in [0.3, 0.4) is 0 Å². The molecule has 2 aliphatic rings. The smallest absolute Gasteiger partial charge is 0.123 e. The van der Waals surface area contributed by atoms with Crippen molar-refractivity contribution in [1.82, 2.24) is 0 Å². The van der Waals surface area contributed by atoms with Gasteiger partial charge in [-0.15, -0.1) is 0 Å². The van der Waals surface area contributed by atoms with Crippen molar-refractivity contribution in [2.24, 2.45) is 23.7 Å². The average molecular weight is 333 g/mol. The Hall–Kier alpha value is -0.890. The van der Waals surface area contributed by atoms with Crippen LogP contribution in [0, 0.1) is 29.5 Å². The van der Waals surface area contributed by atoms with E-state index >= 15 is 0 Å². The minimum absolute atomic E-state index is 0.0802. The maximum atomic E-state index is 13.6. The van der Waals surface area contributed by atoms with Gasteiger partial charge in [-0.1, -0.05) is 26.0 Å². The molecule has 0 saturated heterocycles. The lowest BCUT2D eigenvalue weighted by molar-refractivity contribution is 0.0811. The van der Waals surface area contributed by atoms with E-state index in [2.05, 4.69) is 19.9 Å². The fraction of sp³-hybridized carbons (Fsp3) is 0.727. The van der Waals surface area contributed by atoms with Crippen LogP contribution in [0.5, 0.6) is 0 Å². The summed E-state index contributed by atoms with van der Waals surface area (Å²) in [5.41, 5.74) is 1.13. The molecule has 2 aliphatic carbocycles. The van der Waals surface area contributed by atoms with Gasteiger partial charge in [-0.3, -0.25) is 0 Å². The van der Waals surface area contributed by atoms with Gasteiger partial charge >= 0.3 is 0 Å². The SMILES string of the molecule is CC(CC(CC(C)C1CC1)C1CCC(O)CC1)c1cccc(F)c1. The number of hydrogen-bond donors (Lipinski definition) is 1. The van der Waals surface area contributed by atoms with Crippen LogP contribution in [-0.2, 0) is 0 Å². The number of aliphatic hydroxyl groups is 1. The van der Waals surface area contributed by atoms with E-state index in [4.69, 9.17) is 0 Å². The molecule has 3 unspecified atom stereocenters. The van der Waals surface area contributed by atoms with Gasteiger partial charge in [0.15, 0.2) is 0 Å². The van der Waals surface area contributed by atoms with Crippen LogP contribution >= 0.6 is 0 Å². The van der Waals surface area contributed by atoms with Gasteiger partial charge in [0.25, 0.3) is 0 Å². The van der Waals surface area contributed by atoms with Crippen LogP contribution in [0.15, 0.2) is 24.3 Å². The summed E-state index contributed by atoms with van der Waals surface area (Å²) in [6.07, 6.45) is 9.47. The van der Waals surface area contributed by atoms with E-state index < -0.39 is 0 Å². The summed E-state index contributed by atoms with van der Waals surface area (Å²) in [7, 11) is 0. The van der Waals surface area contributed by atoms with E-state index in [9.17, 15) is 9.50 Å². The molecule has 1 N–H and O–H groups in total. The number of hydrogen-bond acceptors (Lipinski definition) is 1. The summed E-state index contributed by atoms with van der Waals surface area (Å²) in [5.74, 6) is 3.51. The van der Waals surface area contributed by atoms with E-state index in [1.54, 1.807) is 6.07 Å². The first-order valence-electron chi connectivity index (χ1n) is 9.96. The standard InChI is InChI=1S/C22H33FO/c1-15(17-6-7-17)12-20(18-8-10-22(24)11-9-18)13-16(2)19-4-3-5-21(23)14-19/h3-5,14-18,20,22,24H,6-13H2,1-2H3. The highest BCUT2D eigenvalue weighted by molar-refractivity contribution is 5.20. The van der Waals surface area contributed by atoms with E-state index in [1.165, 1.54) is 38.2 Å². The predicted octanol–water partition coefficient (Wildman–Crippen LogP) is 5.92. The molecule has 24 heavy (non-hydrogen) atoms. The van der Waals surface area contributed by atoms with Crippen molar-refractivity contribution in [2.45, 2.75) is 77.2 Å². The Morgan fingerprint density at radius 2 is 1.67 bits per heavy atom. The summed E-state index contributed by atoms with van der Waals surface area (Å²) in [6, 6.07) is 7.14. The van der Waals surface area contributed by atoms with Gasteiger partial charge in [0, 0.05) is 0 Å². The quantitative estimate of drug-likeness (QED) is 0.657. The molecule has 0 radical (unpaired) electrons. The second kappa shape index (κ2) is 7.99. The van der Waals surface area contributed by atoms with Gasteiger partial charge < -0.3 is 5.11 Å². The molecular formula is C22H33FO. The van der Waals surface area contributed by atoms with Crippen LogP contribution in [0.4, 0.5) is 4.39 Å². The van der Waals surface area contributed by atoms with Crippen molar-refractivity contribution in [3.05, 3.63) is 35.6 Å². The average Bonchev–Trinajstić information content (AvgIpc) is 3.40. The Morgan fingerprint density at radius 3 is 2.29 bits per heavy atom. The van der Waals surface area contributed by atoms with Crippen LogP contribution < -0.4 is 0 Å². The van der Waals surface area contributed by atoms with Crippen molar-refractivity contribution in [3.63, 3.8) is 0 Å². The number of halogens is 1. The van der Waals surface area contributed by atoms with Gasteiger partial charge in [0.2, 0.25) is 0 Å². The number of benzene rings is 1. The molecule has 3 rings (SSSR count). The zero-order valence-electron chi connectivity index (χ0n) is 15.3. The minimum Gasteiger partial charge on any atom is -0.393 e. The Morgan fingerprint density at radius 1 is 1.00 bits per heavy atom. The Kier molecular flexibility index (Phi) is 5.97. The summed E-state index contributed by atoms with van der Waals surface area (Å²) < 4.78 is 13.6. The highest BCUT2D eigenvalue weighted by Gasteiger charge is 2.34. The summed E-state index contributed by atoms with van der Waals surface area (Å²) >= 11 is 0. The molecule has 0 aliphatic heterocycles. The Labute approximate surface area is 146 Å². The third-order valence-corrected chi connectivity index (χ3v) is 6.58. The van der Waals surface area contributed by atoms with Crippen LogP contribution in [-0.4, -0.2) is 11.2 Å². The Bertz CT molecular complexity index is 516. The van der Waals surface area contributed by atoms with Gasteiger partial charge in [0.1, 0.15) is 5.82 Å². The normalized spacial score (nSPS) is 28.3. The molecular weight excluding hydrogens is 299 g/mol. The zero-order chi connectivity index (χ0) is 17.1. The van der Waals surface area contributed by atoms with Crippen LogP contribution in [0.2, 0.25) is 0 Å². The topological polar surface area (TPSA) is 20.2 Å². The molecule has 0 spiro atoms. The first-order chi connectivity index (χ1) is 11.5. The molecule has 0 amide bonds. The maximum absolute atomic E-state index is 13.6. The van der Waals surface area contributed by atoms with Crippen molar-refractivity contribution in [2.75, 3.05) is 0 Å². The minimum atomic E-state index is -0.122. The van der Waals surface area contributed by atoms with E-state index in [1.807, 2.05) is 6.07 Å². The summed E-state index contributed by atoms with van der Waals surface area (Å²) in [5, 5.41) is 9.84. The molecule has 1 nitrogen and oxygen atoms in total. The molecule has 134 valence electrons. The van der Waals surface area contributed by atoms with E-state index in [0.29, 0.717) is 11.8 Å². The lowest BCUT2D eigenvalue weighted by Gasteiger charge is -2.35. The highest BCUT2D eigenvalue weighted by Crippen LogP contribution is 2.44. The van der Waals surface area contributed by atoms with Crippen molar-refractivity contribution in [3.8, 4) is 0 Å². The van der Waals surface area contributed by atoms with Crippen molar-refractivity contribution in [1.29, 1.82) is 0 Å². The molecule has 0 aromatic heterocycles. The molecule has 0 heterocycles. The van der Waals surface area contributed by atoms with Crippen molar-refractivity contribution < 1.29 is 9.50 Å². The molecule has 1 aromatic carbocycles. The van der Waals surface area contributed by atoms with Crippen LogP contribution in [0.1, 0.15) is 76.7 Å². The fourth-order valence-electron chi connectivity index (χ4n) is 4.79. The Balaban J connectivity index is 1.66. The molecule has 2 fully saturated rings. The van der Waals surface area contributed by atoms with Crippen molar-refractivity contribution >= 4 is 0 Å². The number of rotatable bonds is 7.